The van der Waals surface area contributed by atoms with Crippen molar-refractivity contribution in [1.29, 1.82) is 0 Å². The summed E-state index contributed by atoms with van der Waals surface area (Å²) in [7, 11) is 0. The molecule has 0 radical (unpaired) electrons. The van der Waals surface area contributed by atoms with Crippen molar-refractivity contribution in [2.75, 3.05) is 6.54 Å². The molecule has 4 rings (SSSR count). The minimum atomic E-state index is 0.463. The number of nitrogens with one attached hydrogen (secondary N) is 1. The Kier molecular flexibility index (Phi) is 4.59. The molecule has 0 aliphatic carbocycles. The Bertz CT molecular complexity index is 974. The Morgan fingerprint density at radius 2 is 1.67 bits per heavy atom. The molecule has 0 unspecified atom stereocenters. The molecule has 0 bridgehead atoms. The van der Waals surface area contributed by atoms with Gasteiger partial charge in [0.1, 0.15) is 0 Å². The summed E-state index contributed by atoms with van der Waals surface area (Å²) in [5.74, 6) is 0.463. The Morgan fingerprint density at radius 1 is 0.963 bits per heavy atom. The van der Waals surface area contributed by atoms with E-state index < -0.39 is 0 Å². The van der Waals surface area contributed by atoms with Gasteiger partial charge in [-0.15, -0.1) is 0 Å². The smallest absolute Gasteiger partial charge is 0.0501 e. The Balaban J connectivity index is 1.90. The van der Waals surface area contributed by atoms with Crippen molar-refractivity contribution in [3.05, 3.63) is 52.3 Å². The van der Waals surface area contributed by atoms with Crippen LogP contribution >= 0.6 is 0 Å². The van der Waals surface area contributed by atoms with Crippen LogP contribution in [-0.4, -0.2) is 27.5 Å². The molecule has 142 valence electrons. The first-order valence-electron chi connectivity index (χ1n) is 10.2. The van der Waals surface area contributed by atoms with E-state index in [4.69, 9.17) is 0 Å². The van der Waals surface area contributed by atoms with E-state index in [2.05, 4.69) is 80.7 Å². The number of fused-ring (bicyclic) bond motifs is 2. The summed E-state index contributed by atoms with van der Waals surface area (Å²) in [6.45, 7) is 15.6. The maximum Gasteiger partial charge on any atom is 0.0501 e. The zero-order valence-corrected chi connectivity index (χ0v) is 17.5. The zero-order valence-electron chi connectivity index (χ0n) is 17.5. The highest BCUT2D eigenvalue weighted by atomic mass is 15.1. The van der Waals surface area contributed by atoms with E-state index in [0.717, 1.165) is 30.9 Å². The number of pyridine rings is 1. The lowest BCUT2D eigenvalue weighted by molar-refractivity contribution is 0.203. The number of hydrogen-bond acceptors (Lipinski definition) is 2. The molecule has 0 saturated carbocycles. The third-order valence-electron chi connectivity index (χ3n) is 5.88. The SMILES string of the molecule is Cc1cc(-c2[nH]c3cc4c(cc3c2C(C)C)CN(C(C)C)CC4)cc(C)n1. The van der Waals surface area contributed by atoms with Gasteiger partial charge in [0.05, 0.1) is 5.69 Å². The lowest BCUT2D eigenvalue weighted by Gasteiger charge is -2.32. The Hall–Kier alpha value is -2.13. The number of H-pyrrole nitrogens is 1. The summed E-state index contributed by atoms with van der Waals surface area (Å²) in [6, 6.07) is 9.85. The van der Waals surface area contributed by atoms with Gasteiger partial charge in [-0.25, -0.2) is 0 Å². The van der Waals surface area contributed by atoms with Gasteiger partial charge in [-0.2, -0.15) is 0 Å². The average molecular weight is 362 g/mol. The molecule has 1 aromatic carbocycles. The lowest BCUT2D eigenvalue weighted by atomic mass is 9.92. The van der Waals surface area contributed by atoms with Crippen molar-refractivity contribution in [3.8, 4) is 11.3 Å². The number of aromatic amines is 1. The van der Waals surface area contributed by atoms with Crippen molar-refractivity contribution in [1.82, 2.24) is 14.9 Å². The molecule has 1 aliphatic heterocycles. The molecule has 3 aromatic rings. The van der Waals surface area contributed by atoms with Crippen molar-refractivity contribution < 1.29 is 0 Å². The van der Waals surface area contributed by atoms with Crippen LogP contribution in [0, 0.1) is 13.8 Å². The Labute approximate surface area is 162 Å². The summed E-state index contributed by atoms with van der Waals surface area (Å²) in [5, 5.41) is 1.39. The molecular weight excluding hydrogens is 330 g/mol. The highest BCUT2D eigenvalue weighted by Gasteiger charge is 2.22. The van der Waals surface area contributed by atoms with Crippen molar-refractivity contribution in [2.45, 2.75) is 66.5 Å². The van der Waals surface area contributed by atoms with Crippen LogP contribution in [-0.2, 0) is 13.0 Å². The maximum atomic E-state index is 4.56. The van der Waals surface area contributed by atoms with E-state index in [1.165, 1.54) is 38.9 Å². The lowest BCUT2D eigenvalue weighted by Crippen LogP contribution is -2.35. The van der Waals surface area contributed by atoms with Gasteiger partial charge >= 0.3 is 0 Å². The number of aromatic nitrogens is 2. The van der Waals surface area contributed by atoms with Gasteiger partial charge in [0.25, 0.3) is 0 Å². The summed E-state index contributed by atoms with van der Waals surface area (Å²) in [4.78, 5) is 10.9. The predicted molar refractivity (Wildman–Crippen MR) is 114 cm³/mol. The van der Waals surface area contributed by atoms with Crippen LogP contribution < -0.4 is 0 Å². The fourth-order valence-electron chi connectivity index (χ4n) is 4.54. The molecule has 0 atom stereocenters. The fraction of sp³-hybridized carbons (Fsp3) is 0.458. The third kappa shape index (κ3) is 3.29. The molecule has 1 aliphatic rings. The third-order valence-corrected chi connectivity index (χ3v) is 5.88. The molecular formula is C24H31N3. The second-order valence-electron chi connectivity index (χ2n) is 8.69. The Morgan fingerprint density at radius 3 is 2.30 bits per heavy atom. The molecule has 0 amide bonds. The quantitative estimate of drug-likeness (QED) is 0.645. The fourth-order valence-corrected chi connectivity index (χ4v) is 4.54. The number of rotatable bonds is 3. The molecule has 0 saturated heterocycles. The largest absolute Gasteiger partial charge is 0.354 e. The maximum absolute atomic E-state index is 4.56. The highest BCUT2D eigenvalue weighted by molar-refractivity contribution is 5.92. The van der Waals surface area contributed by atoms with Crippen LogP contribution in [0.5, 0.6) is 0 Å². The van der Waals surface area contributed by atoms with Crippen LogP contribution in [0.3, 0.4) is 0 Å². The monoisotopic (exact) mass is 361 g/mol. The van der Waals surface area contributed by atoms with Crippen LogP contribution in [0.25, 0.3) is 22.2 Å². The van der Waals surface area contributed by atoms with E-state index in [-0.39, 0.29) is 0 Å². The highest BCUT2D eigenvalue weighted by Crippen LogP contribution is 2.38. The van der Waals surface area contributed by atoms with Gasteiger partial charge < -0.3 is 4.98 Å². The van der Waals surface area contributed by atoms with Crippen LogP contribution in [0.15, 0.2) is 24.3 Å². The summed E-state index contributed by atoms with van der Waals surface area (Å²) in [5.41, 5.74) is 10.4. The number of aryl methyl sites for hydroxylation is 2. The van der Waals surface area contributed by atoms with Gasteiger partial charge in [0.15, 0.2) is 0 Å². The second-order valence-corrected chi connectivity index (χ2v) is 8.69. The average Bonchev–Trinajstić information content (AvgIpc) is 2.96. The minimum absolute atomic E-state index is 0.463. The number of nitrogens with zero attached hydrogens (tertiary/aromatic N) is 2. The zero-order chi connectivity index (χ0) is 19.3. The first-order valence-corrected chi connectivity index (χ1v) is 10.2. The minimum Gasteiger partial charge on any atom is -0.354 e. The summed E-state index contributed by atoms with van der Waals surface area (Å²) >= 11 is 0. The molecule has 0 fully saturated rings. The van der Waals surface area contributed by atoms with E-state index in [1.54, 1.807) is 0 Å². The van der Waals surface area contributed by atoms with Crippen LogP contribution in [0.4, 0.5) is 0 Å². The molecule has 27 heavy (non-hydrogen) atoms. The molecule has 2 aromatic heterocycles. The number of benzene rings is 1. The molecule has 3 nitrogen and oxygen atoms in total. The van der Waals surface area contributed by atoms with Gasteiger partial charge in [-0.1, -0.05) is 13.8 Å². The predicted octanol–water partition coefficient (Wildman–Crippen LogP) is 5.74. The van der Waals surface area contributed by atoms with E-state index in [0.29, 0.717) is 12.0 Å². The van der Waals surface area contributed by atoms with Gasteiger partial charge in [0, 0.05) is 47.0 Å². The molecule has 0 spiro atoms. The van der Waals surface area contributed by atoms with Gasteiger partial charge in [-0.3, -0.25) is 9.88 Å². The first kappa shape index (κ1) is 18.2. The van der Waals surface area contributed by atoms with Gasteiger partial charge in [-0.05, 0) is 81.0 Å². The summed E-state index contributed by atoms with van der Waals surface area (Å²) < 4.78 is 0. The molecule has 3 heteroatoms. The molecule has 3 heterocycles. The van der Waals surface area contributed by atoms with Crippen molar-refractivity contribution >= 4 is 10.9 Å². The van der Waals surface area contributed by atoms with Crippen molar-refractivity contribution in [3.63, 3.8) is 0 Å². The van der Waals surface area contributed by atoms with Crippen LogP contribution in [0.2, 0.25) is 0 Å². The summed E-state index contributed by atoms with van der Waals surface area (Å²) in [6.07, 6.45) is 1.14. The van der Waals surface area contributed by atoms with E-state index in [1.807, 2.05) is 0 Å². The van der Waals surface area contributed by atoms with E-state index in [9.17, 15) is 0 Å². The van der Waals surface area contributed by atoms with Crippen LogP contribution in [0.1, 0.15) is 61.7 Å². The first-order chi connectivity index (χ1) is 12.8. The number of hydrogen-bond donors (Lipinski definition) is 1. The topological polar surface area (TPSA) is 31.9 Å². The van der Waals surface area contributed by atoms with E-state index >= 15 is 0 Å². The van der Waals surface area contributed by atoms with Gasteiger partial charge in [0.2, 0.25) is 0 Å². The molecule has 1 N–H and O–H groups in total. The standard InChI is InChI=1S/C24H31N3/c1-14(2)23-21-11-20-13-27(15(3)4)8-7-18(20)12-22(21)26-24(23)19-9-16(5)25-17(6)10-19/h9-12,14-15,26H,7-8,13H2,1-6H3. The van der Waals surface area contributed by atoms with Crippen molar-refractivity contribution in [2.24, 2.45) is 0 Å². The second kappa shape index (κ2) is 6.79. The normalized spacial score (nSPS) is 15.1.